The largest absolute Gasteiger partial charge is 0.494 e. The molecular formula is C16H26N2O2. The van der Waals surface area contributed by atoms with Gasteiger partial charge in [-0.1, -0.05) is 0 Å². The van der Waals surface area contributed by atoms with Gasteiger partial charge in [-0.25, -0.2) is 0 Å². The van der Waals surface area contributed by atoms with Crippen LogP contribution in [-0.4, -0.2) is 50.8 Å². The second-order valence-corrected chi connectivity index (χ2v) is 5.18. The number of benzene rings is 1. The van der Waals surface area contributed by atoms with E-state index in [0.29, 0.717) is 12.6 Å². The molecule has 2 rings (SSSR count). The molecule has 0 aromatic heterocycles. The Morgan fingerprint density at radius 3 is 2.55 bits per heavy atom. The highest BCUT2D eigenvalue weighted by molar-refractivity contribution is 5.31. The zero-order chi connectivity index (χ0) is 14.2. The number of ether oxygens (including phenoxy) is 2. The minimum atomic E-state index is 0.634. The molecule has 1 N–H and O–H groups in total. The Hall–Kier alpha value is -1.26. The molecule has 0 amide bonds. The van der Waals surface area contributed by atoms with Gasteiger partial charge in [0, 0.05) is 19.1 Å². The Morgan fingerprint density at radius 1 is 1.20 bits per heavy atom. The van der Waals surface area contributed by atoms with Gasteiger partial charge in [-0.15, -0.1) is 0 Å². The van der Waals surface area contributed by atoms with Crippen molar-refractivity contribution >= 4 is 0 Å². The van der Waals surface area contributed by atoms with Gasteiger partial charge in [-0.3, -0.25) is 4.90 Å². The maximum atomic E-state index is 5.79. The normalized spacial score (nSPS) is 19.8. The number of likely N-dealkylation sites (N-methyl/N-ethyl adjacent to an activating group) is 1. The average molecular weight is 278 g/mol. The van der Waals surface area contributed by atoms with Gasteiger partial charge in [0.05, 0.1) is 6.61 Å². The van der Waals surface area contributed by atoms with Crippen LogP contribution in [0.3, 0.4) is 0 Å². The van der Waals surface area contributed by atoms with Crippen molar-refractivity contribution in [1.82, 2.24) is 10.2 Å². The van der Waals surface area contributed by atoms with Crippen LogP contribution in [0, 0.1) is 0 Å². The molecule has 0 spiro atoms. The summed E-state index contributed by atoms with van der Waals surface area (Å²) in [5, 5.41) is 3.36. The molecule has 4 nitrogen and oxygen atoms in total. The summed E-state index contributed by atoms with van der Waals surface area (Å²) in [6.07, 6.45) is 2.56. The molecule has 1 aromatic carbocycles. The highest BCUT2D eigenvalue weighted by Gasteiger charge is 2.17. The Kier molecular flexibility index (Phi) is 6.15. The van der Waals surface area contributed by atoms with Crippen LogP contribution in [0.15, 0.2) is 24.3 Å². The third kappa shape index (κ3) is 4.69. The van der Waals surface area contributed by atoms with E-state index in [-0.39, 0.29) is 0 Å². The van der Waals surface area contributed by atoms with E-state index in [1.165, 1.54) is 19.4 Å². The predicted octanol–water partition coefficient (Wildman–Crippen LogP) is 2.15. The fourth-order valence-corrected chi connectivity index (χ4v) is 2.59. The van der Waals surface area contributed by atoms with Crippen molar-refractivity contribution in [2.75, 3.05) is 39.9 Å². The van der Waals surface area contributed by atoms with Crippen LogP contribution in [0.25, 0.3) is 0 Å². The molecule has 0 bridgehead atoms. The van der Waals surface area contributed by atoms with E-state index in [2.05, 4.69) is 10.2 Å². The summed E-state index contributed by atoms with van der Waals surface area (Å²) in [7, 11) is 2.05. The van der Waals surface area contributed by atoms with Crippen molar-refractivity contribution in [2.45, 2.75) is 25.8 Å². The second-order valence-electron chi connectivity index (χ2n) is 5.18. The molecule has 1 aliphatic rings. The molecular weight excluding hydrogens is 252 g/mol. The van der Waals surface area contributed by atoms with Gasteiger partial charge in [0.25, 0.3) is 0 Å². The lowest BCUT2D eigenvalue weighted by Gasteiger charge is -2.32. The Morgan fingerprint density at radius 2 is 1.90 bits per heavy atom. The lowest BCUT2D eigenvalue weighted by atomic mass is 10.1. The molecule has 1 aromatic rings. The van der Waals surface area contributed by atoms with Crippen LogP contribution in [0.1, 0.15) is 19.8 Å². The van der Waals surface area contributed by atoms with E-state index in [1.54, 1.807) is 0 Å². The van der Waals surface area contributed by atoms with Crippen LogP contribution >= 0.6 is 0 Å². The summed E-state index contributed by atoms with van der Waals surface area (Å²) in [6.45, 7) is 6.73. The maximum Gasteiger partial charge on any atom is 0.119 e. The Bertz CT molecular complexity index is 381. The first-order valence-corrected chi connectivity index (χ1v) is 7.57. The molecule has 1 saturated heterocycles. The zero-order valence-corrected chi connectivity index (χ0v) is 12.6. The number of rotatable bonds is 7. The number of hydrogen-bond donors (Lipinski definition) is 1. The molecule has 4 heteroatoms. The highest BCUT2D eigenvalue weighted by atomic mass is 16.5. The Balaban J connectivity index is 1.69. The van der Waals surface area contributed by atoms with E-state index >= 15 is 0 Å². The summed E-state index contributed by atoms with van der Waals surface area (Å²) >= 11 is 0. The van der Waals surface area contributed by atoms with E-state index in [0.717, 1.165) is 31.2 Å². The lowest BCUT2D eigenvalue weighted by Crippen LogP contribution is -2.45. The third-order valence-electron chi connectivity index (χ3n) is 3.72. The fraction of sp³-hybridized carbons (Fsp3) is 0.625. The fourth-order valence-electron chi connectivity index (χ4n) is 2.59. The molecule has 1 atom stereocenters. The number of nitrogens with one attached hydrogen (secondary N) is 1. The molecule has 0 radical (unpaired) electrons. The van der Waals surface area contributed by atoms with Crippen LogP contribution < -0.4 is 14.8 Å². The number of piperidine rings is 1. The summed E-state index contributed by atoms with van der Waals surface area (Å²) in [6, 6.07) is 8.48. The number of nitrogens with zero attached hydrogens (tertiary/aromatic N) is 1. The van der Waals surface area contributed by atoms with Crippen LogP contribution in [0.4, 0.5) is 0 Å². The first-order valence-electron chi connectivity index (χ1n) is 7.57. The van der Waals surface area contributed by atoms with Gasteiger partial charge in [-0.2, -0.15) is 0 Å². The van der Waals surface area contributed by atoms with Crippen molar-refractivity contribution in [3.8, 4) is 11.5 Å². The van der Waals surface area contributed by atoms with Crippen molar-refractivity contribution < 1.29 is 9.47 Å². The quantitative estimate of drug-likeness (QED) is 0.828. The second kappa shape index (κ2) is 8.12. The maximum absolute atomic E-state index is 5.79. The number of hydrogen-bond acceptors (Lipinski definition) is 4. The monoisotopic (exact) mass is 278 g/mol. The van der Waals surface area contributed by atoms with Gasteiger partial charge >= 0.3 is 0 Å². The minimum absolute atomic E-state index is 0.634. The molecule has 1 unspecified atom stereocenters. The standard InChI is InChI=1S/C16H26N2O2/c1-3-19-15-6-8-16(9-7-15)20-12-11-18-10-4-5-14(13-18)17-2/h6-9,14,17H,3-5,10-13H2,1-2H3. The highest BCUT2D eigenvalue weighted by Crippen LogP contribution is 2.17. The molecule has 1 heterocycles. The van der Waals surface area contributed by atoms with Crippen molar-refractivity contribution in [3.63, 3.8) is 0 Å². The van der Waals surface area contributed by atoms with E-state index in [1.807, 2.05) is 38.2 Å². The van der Waals surface area contributed by atoms with E-state index in [9.17, 15) is 0 Å². The third-order valence-corrected chi connectivity index (χ3v) is 3.72. The van der Waals surface area contributed by atoms with E-state index in [4.69, 9.17) is 9.47 Å². The number of likely N-dealkylation sites (tertiary alicyclic amines) is 1. The molecule has 0 saturated carbocycles. The Labute approximate surface area is 122 Å². The van der Waals surface area contributed by atoms with E-state index < -0.39 is 0 Å². The topological polar surface area (TPSA) is 33.7 Å². The van der Waals surface area contributed by atoms with Crippen LogP contribution in [-0.2, 0) is 0 Å². The molecule has 0 aliphatic carbocycles. The van der Waals surface area contributed by atoms with Gasteiger partial charge in [0.2, 0.25) is 0 Å². The zero-order valence-electron chi connectivity index (χ0n) is 12.6. The molecule has 112 valence electrons. The van der Waals surface area contributed by atoms with Crippen LogP contribution in [0.5, 0.6) is 11.5 Å². The van der Waals surface area contributed by atoms with Crippen molar-refractivity contribution in [3.05, 3.63) is 24.3 Å². The molecule has 1 fully saturated rings. The smallest absolute Gasteiger partial charge is 0.119 e. The van der Waals surface area contributed by atoms with Crippen molar-refractivity contribution in [1.29, 1.82) is 0 Å². The summed E-state index contributed by atoms with van der Waals surface area (Å²) < 4.78 is 11.2. The first-order chi connectivity index (χ1) is 9.81. The summed E-state index contributed by atoms with van der Waals surface area (Å²) in [5.74, 6) is 1.81. The van der Waals surface area contributed by atoms with Gasteiger partial charge in [0.15, 0.2) is 0 Å². The molecule has 20 heavy (non-hydrogen) atoms. The van der Waals surface area contributed by atoms with Gasteiger partial charge < -0.3 is 14.8 Å². The van der Waals surface area contributed by atoms with Crippen molar-refractivity contribution in [2.24, 2.45) is 0 Å². The van der Waals surface area contributed by atoms with Gasteiger partial charge in [0.1, 0.15) is 18.1 Å². The van der Waals surface area contributed by atoms with Gasteiger partial charge in [-0.05, 0) is 57.6 Å². The predicted molar refractivity (Wildman–Crippen MR) is 81.6 cm³/mol. The summed E-state index contributed by atoms with van der Waals surface area (Å²) in [4.78, 5) is 2.47. The first kappa shape index (κ1) is 15.1. The SMILES string of the molecule is CCOc1ccc(OCCN2CCCC(NC)C2)cc1. The average Bonchev–Trinajstić information content (AvgIpc) is 2.50. The lowest BCUT2D eigenvalue weighted by molar-refractivity contribution is 0.162. The molecule has 1 aliphatic heterocycles. The minimum Gasteiger partial charge on any atom is -0.494 e. The van der Waals surface area contributed by atoms with Crippen LogP contribution in [0.2, 0.25) is 0 Å². The summed E-state index contributed by atoms with van der Waals surface area (Å²) in [5.41, 5.74) is 0.